The van der Waals surface area contributed by atoms with E-state index in [2.05, 4.69) is 31.4 Å². The molecule has 0 fully saturated rings. The average Bonchev–Trinajstić information content (AvgIpc) is 2.72. The van der Waals surface area contributed by atoms with Crippen LogP contribution in [0.2, 0.25) is 0 Å². The standard InChI is InChI=1S/C24H33N3O2/c1-6-27(16-20-11-8-7-9-12-20)23(28)15-25-24(29)21-13-10-14-22(18(21)4)26-19(5)17(2)3/h7-14,17,19,26H,6,15-16H2,1-5H3,(H,25,29)/t19-/m1/s1. The molecule has 0 bridgehead atoms. The summed E-state index contributed by atoms with van der Waals surface area (Å²) in [5.41, 5.74) is 3.50. The lowest BCUT2D eigenvalue weighted by molar-refractivity contribution is -0.130. The van der Waals surface area contributed by atoms with Gasteiger partial charge in [0.25, 0.3) is 5.91 Å². The van der Waals surface area contributed by atoms with Crippen molar-refractivity contribution in [3.63, 3.8) is 0 Å². The van der Waals surface area contributed by atoms with Crippen LogP contribution in [-0.4, -0.2) is 35.8 Å². The lowest BCUT2D eigenvalue weighted by Crippen LogP contribution is -2.40. The topological polar surface area (TPSA) is 61.4 Å². The van der Waals surface area contributed by atoms with Gasteiger partial charge < -0.3 is 15.5 Å². The van der Waals surface area contributed by atoms with Crippen molar-refractivity contribution in [2.75, 3.05) is 18.4 Å². The molecule has 5 nitrogen and oxygen atoms in total. The molecule has 5 heteroatoms. The minimum Gasteiger partial charge on any atom is -0.382 e. The zero-order chi connectivity index (χ0) is 21.4. The van der Waals surface area contributed by atoms with Gasteiger partial charge in [0.15, 0.2) is 0 Å². The van der Waals surface area contributed by atoms with Gasteiger partial charge in [-0.3, -0.25) is 9.59 Å². The smallest absolute Gasteiger partial charge is 0.252 e. The highest BCUT2D eigenvalue weighted by Gasteiger charge is 2.17. The van der Waals surface area contributed by atoms with E-state index in [9.17, 15) is 9.59 Å². The molecule has 0 aliphatic rings. The Hall–Kier alpha value is -2.82. The van der Waals surface area contributed by atoms with Crippen molar-refractivity contribution in [1.82, 2.24) is 10.2 Å². The van der Waals surface area contributed by atoms with Crippen LogP contribution in [0.15, 0.2) is 48.5 Å². The molecule has 0 unspecified atom stereocenters. The van der Waals surface area contributed by atoms with Crippen molar-refractivity contribution in [3.05, 3.63) is 65.2 Å². The highest BCUT2D eigenvalue weighted by atomic mass is 16.2. The van der Waals surface area contributed by atoms with Crippen molar-refractivity contribution in [1.29, 1.82) is 0 Å². The summed E-state index contributed by atoms with van der Waals surface area (Å²) in [6, 6.07) is 15.8. The van der Waals surface area contributed by atoms with E-state index in [0.29, 0.717) is 30.6 Å². The molecule has 2 aromatic carbocycles. The summed E-state index contributed by atoms with van der Waals surface area (Å²) in [5.74, 6) is 0.159. The summed E-state index contributed by atoms with van der Waals surface area (Å²) in [5, 5.41) is 6.25. The number of nitrogens with zero attached hydrogens (tertiary/aromatic N) is 1. The average molecular weight is 396 g/mol. The second-order valence-electron chi connectivity index (χ2n) is 7.73. The van der Waals surface area contributed by atoms with E-state index >= 15 is 0 Å². The number of rotatable bonds is 9. The maximum atomic E-state index is 12.7. The lowest BCUT2D eigenvalue weighted by atomic mass is 10.0. The number of hydrogen-bond acceptors (Lipinski definition) is 3. The Labute approximate surface area is 174 Å². The Morgan fingerprint density at radius 2 is 1.69 bits per heavy atom. The Morgan fingerprint density at radius 1 is 1.00 bits per heavy atom. The van der Waals surface area contributed by atoms with E-state index in [-0.39, 0.29) is 18.4 Å². The second-order valence-corrected chi connectivity index (χ2v) is 7.73. The Bertz CT molecular complexity index is 818. The van der Waals surface area contributed by atoms with Crippen molar-refractivity contribution >= 4 is 17.5 Å². The third-order valence-electron chi connectivity index (χ3n) is 5.31. The molecule has 2 aromatic rings. The van der Waals surface area contributed by atoms with Crippen LogP contribution in [0.1, 0.15) is 49.2 Å². The summed E-state index contributed by atoms with van der Waals surface area (Å²) >= 11 is 0. The molecule has 0 saturated carbocycles. The largest absolute Gasteiger partial charge is 0.382 e. The van der Waals surface area contributed by atoms with E-state index in [4.69, 9.17) is 0 Å². The fourth-order valence-corrected chi connectivity index (χ4v) is 2.99. The first-order chi connectivity index (χ1) is 13.8. The van der Waals surface area contributed by atoms with Gasteiger partial charge in [-0.05, 0) is 49.9 Å². The summed E-state index contributed by atoms with van der Waals surface area (Å²) in [6.45, 7) is 11.4. The highest BCUT2D eigenvalue weighted by Crippen LogP contribution is 2.21. The van der Waals surface area contributed by atoms with Gasteiger partial charge in [0.05, 0.1) is 6.54 Å². The maximum Gasteiger partial charge on any atom is 0.252 e. The van der Waals surface area contributed by atoms with E-state index in [1.165, 1.54) is 0 Å². The molecule has 2 rings (SSSR count). The van der Waals surface area contributed by atoms with Gasteiger partial charge in [0.1, 0.15) is 0 Å². The van der Waals surface area contributed by atoms with Gasteiger partial charge in [0.2, 0.25) is 5.91 Å². The van der Waals surface area contributed by atoms with Crippen LogP contribution >= 0.6 is 0 Å². The number of carbonyl (C=O) groups excluding carboxylic acids is 2. The van der Waals surface area contributed by atoms with E-state index in [1.54, 1.807) is 11.0 Å². The number of likely N-dealkylation sites (N-methyl/N-ethyl adjacent to an activating group) is 1. The fourth-order valence-electron chi connectivity index (χ4n) is 2.99. The molecule has 2 amide bonds. The van der Waals surface area contributed by atoms with Crippen LogP contribution < -0.4 is 10.6 Å². The van der Waals surface area contributed by atoms with Gasteiger partial charge in [0, 0.05) is 30.4 Å². The fraction of sp³-hybridized carbons (Fsp3) is 0.417. The molecule has 0 spiro atoms. The van der Waals surface area contributed by atoms with Crippen molar-refractivity contribution in [2.24, 2.45) is 5.92 Å². The third-order valence-corrected chi connectivity index (χ3v) is 5.31. The quantitative estimate of drug-likeness (QED) is 0.668. The number of carbonyl (C=O) groups is 2. The minimum absolute atomic E-state index is 0.0149. The molecule has 0 heterocycles. The zero-order valence-electron chi connectivity index (χ0n) is 18.2. The normalized spacial score (nSPS) is 11.8. The number of anilines is 1. The summed E-state index contributed by atoms with van der Waals surface area (Å²) < 4.78 is 0. The van der Waals surface area contributed by atoms with Crippen LogP contribution in [0, 0.1) is 12.8 Å². The van der Waals surface area contributed by atoms with E-state index in [1.807, 2.05) is 56.3 Å². The lowest BCUT2D eigenvalue weighted by Gasteiger charge is -2.22. The minimum atomic E-state index is -0.229. The molecule has 0 aliphatic heterocycles. The molecule has 0 radical (unpaired) electrons. The van der Waals surface area contributed by atoms with Gasteiger partial charge >= 0.3 is 0 Å². The number of hydrogen-bond donors (Lipinski definition) is 2. The maximum absolute atomic E-state index is 12.7. The Kier molecular flexibility index (Phi) is 8.25. The van der Waals surface area contributed by atoms with Crippen molar-refractivity contribution < 1.29 is 9.59 Å². The molecule has 29 heavy (non-hydrogen) atoms. The van der Waals surface area contributed by atoms with Gasteiger partial charge in [-0.2, -0.15) is 0 Å². The predicted octanol–water partition coefficient (Wildman–Crippen LogP) is 4.23. The molecule has 156 valence electrons. The summed E-state index contributed by atoms with van der Waals surface area (Å²) in [6.07, 6.45) is 0. The van der Waals surface area contributed by atoms with Crippen LogP contribution in [0.4, 0.5) is 5.69 Å². The molecule has 0 saturated heterocycles. The molecule has 1 atom stereocenters. The molecular formula is C24H33N3O2. The Morgan fingerprint density at radius 3 is 2.31 bits per heavy atom. The molecule has 0 aliphatic carbocycles. The number of benzene rings is 2. The first-order valence-corrected chi connectivity index (χ1v) is 10.3. The second kappa shape index (κ2) is 10.6. The van der Waals surface area contributed by atoms with E-state index in [0.717, 1.165) is 16.8 Å². The first-order valence-electron chi connectivity index (χ1n) is 10.3. The summed E-state index contributed by atoms with van der Waals surface area (Å²) in [7, 11) is 0. The SMILES string of the molecule is CCN(Cc1ccccc1)C(=O)CNC(=O)c1cccc(N[C@H](C)C(C)C)c1C. The highest BCUT2D eigenvalue weighted by molar-refractivity contribution is 5.98. The van der Waals surface area contributed by atoms with Crippen LogP contribution in [0.5, 0.6) is 0 Å². The van der Waals surface area contributed by atoms with Crippen molar-refractivity contribution in [3.8, 4) is 0 Å². The first kappa shape index (κ1) is 22.5. The molecular weight excluding hydrogens is 362 g/mol. The van der Waals surface area contributed by atoms with Gasteiger partial charge in [-0.1, -0.05) is 50.2 Å². The van der Waals surface area contributed by atoms with Gasteiger partial charge in [-0.25, -0.2) is 0 Å². The molecule has 0 aromatic heterocycles. The van der Waals surface area contributed by atoms with Crippen LogP contribution in [0.25, 0.3) is 0 Å². The molecule has 2 N–H and O–H groups in total. The van der Waals surface area contributed by atoms with Crippen molar-refractivity contribution in [2.45, 2.75) is 47.2 Å². The monoisotopic (exact) mass is 395 g/mol. The predicted molar refractivity (Wildman–Crippen MR) is 119 cm³/mol. The van der Waals surface area contributed by atoms with Gasteiger partial charge in [-0.15, -0.1) is 0 Å². The third kappa shape index (κ3) is 6.34. The van der Waals surface area contributed by atoms with E-state index < -0.39 is 0 Å². The zero-order valence-corrected chi connectivity index (χ0v) is 18.2. The number of nitrogens with one attached hydrogen (secondary N) is 2. The van der Waals surface area contributed by atoms with Crippen LogP contribution in [-0.2, 0) is 11.3 Å². The Balaban J connectivity index is 2.00. The summed E-state index contributed by atoms with van der Waals surface area (Å²) in [4.78, 5) is 27.0. The number of amides is 2. The van der Waals surface area contributed by atoms with Crippen LogP contribution in [0.3, 0.4) is 0 Å².